The first-order valence-corrected chi connectivity index (χ1v) is 8.13. The number of hydrogen-bond donors (Lipinski definition) is 1. The molecule has 0 amide bonds. The van der Waals surface area contributed by atoms with Crippen LogP contribution in [0.15, 0.2) is 54.7 Å². The predicted octanol–water partition coefficient (Wildman–Crippen LogP) is 4.07. The van der Waals surface area contributed by atoms with Crippen LogP contribution in [0.2, 0.25) is 0 Å². The molecule has 2 aromatic carbocycles. The SMILES string of the molecule is Cc1ccc(-c2cnc(NCc3ccc(N(C)C)cc3)n2C)cc1. The summed E-state index contributed by atoms with van der Waals surface area (Å²) in [6.45, 7) is 2.85. The van der Waals surface area contributed by atoms with E-state index >= 15 is 0 Å². The highest BCUT2D eigenvalue weighted by Crippen LogP contribution is 2.22. The summed E-state index contributed by atoms with van der Waals surface area (Å²) in [6.07, 6.45) is 1.92. The van der Waals surface area contributed by atoms with Crippen LogP contribution >= 0.6 is 0 Å². The maximum atomic E-state index is 4.52. The van der Waals surface area contributed by atoms with Gasteiger partial charge in [-0.1, -0.05) is 42.0 Å². The highest BCUT2D eigenvalue weighted by atomic mass is 15.2. The summed E-state index contributed by atoms with van der Waals surface area (Å²) in [6, 6.07) is 17.1. The average Bonchev–Trinajstić information content (AvgIpc) is 2.95. The molecule has 0 saturated heterocycles. The van der Waals surface area contributed by atoms with E-state index in [1.807, 2.05) is 27.3 Å². The third-order valence-electron chi connectivity index (χ3n) is 4.24. The molecule has 124 valence electrons. The molecule has 0 aliphatic rings. The van der Waals surface area contributed by atoms with Crippen LogP contribution < -0.4 is 10.2 Å². The number of imidazole rings is 1. The van der Waals surface area contributed by atoms with Crippen LogP contribution in [0.25, 0.3) is 11.3 Å². The molecule has 0 saturated carbocycles. The van der Waals surface area contributed by atoms with E-state index in [0.717, 1.165) is 18.2 Å². The van der Waals surface area contributed by atoms with Crippen molar-refractivity contribution in [2.75, 3.05) is 24.3 Å². The summed E-state index contributed by atoms with van der Waals surface area (Å²) in [4.78, 5) is 6.62. The van der Waals surface area contributed by atoms with Crippen LogP contribution in [0.5, 0.6) is 0 Å². The van der Waals surface area contributed by atoms with Crippen molar-refractivity contribution in [2.24, 2.45) is 7.05 Å². The topological polar surface area (TPSA) is 33.1 Å². The molecule has 0 atom stereocenters. The molecule has 1 aromatic heterocycles. The molecular weight excluding hydrogens is 296 g/mol. The maximum Gasteiger partial charge on any atom is 0.203 e. The lowest BCUT2D eigenvalue weighted by molar-refractivity contribution is 0.906. The summed E-state index contributed by atoms with van der Waals surface area (Å²) in [7, 11) is 6.14. The molecule has 1 heterocycles. The zero-order chi connectivity index (χ0) is 17.1. The van der Waals surface area contributed by atoms with Crippen molar-refractivity contribution in [3.8, 4) is 11.3 Å². The molecule has 4 heteroatoms. The minimum Gasteiger partial charge on any atom is -0.378 e. The van der Waals surface area contributed by atoms with Gasteiger partial charge in [0.25, 0.3) is 0 Å². The van der Waals surface area contributed by atoms with Crippen LogP contribution in [0.1, 0.15) is 11.1 Å². The van der Waals surface area contributed by atoms with Gasteiger partial charge < -0.3 is 14.8 Å². The van der Waals surface area contributed by atoms with Crippen molar-refractivity contribution in [3.63, 3.8) is 0 Å². The molecule has 4 nitrogen and oxygen atoms in total. The van der Waals surface area contributed by atoms with E-state index in [1.54, 1.807) is 0 Å². The van der Waals surface area contributed by atoms with Crippen molar-refractivity contribution in [2.45, 2.75) is 13.5 Å². The van der Waals surface area contributed by atoms with Gasteiger partial charge in [0.15, 0.2) is 0 Å². The minimum absolute atomic E-state index is 0.756. The zero-order valence-corrected chi connectivity index (χ0v) is 14.7. The van der Waals surface area contributed by atoms with Crippen LogP contribution in [0, 0.1) is 6.92 Å². The third kappa shape index (κ3) is 3.43. The van der Waals surface area contributed by atoms with E-state index < -0.39 is 0 Å². The van der Waals surface area contributed by atoms with Crippen molar-refractivity contribution in [1.29, 1.82) is 0 Å². The van der Waals surface area contributed by atoms with Crippen LogP contribution in [-0.2, 0) is 13.6 Å². The lowest BCUT2D eigenvalue weighted by Gasteiger charge is -2.13. The second-order valence-corrected chi connectivity index (χ2v) is 6.31. The van der Waals surface area contributed by atoms with Gasteiger partial charge in [-0.3, -0.25) is 0 Å². The van der Waals surface area contributed by atoms with Crippen molar-refractivity contribution >= 4 is 11.6 Å². The molecule has 0 unspecified atom stereocenters. The van der Waals surface area contributed by atoms with E-state index in [-0.39, 0.29) is 0 Å². The van der Waals surface area contributed by atoms with Crippen molar-refractivity contribution in [1.82, 2.24) is 9.55 Å². The van der Waals surface area contributed by atoms with Gasteiger partial charge in [-0.15, -0.1) is 0 Å². The Hall–Kier alpha value is -2.75. The molecule has 3 aromatic rings. The molecule has 3 rings (SSSR count). The first-order valence-electron chi connectivity index (χ1n) is 8.13. The normalized spacial score (nSPS) is 10.7. The van der Waals surface area contributed by atoms with E-state index in [2.05, 4.69) is 75.2 Å². The molecule has 0 radical (unpaired) electrons. The number of anilines is 2. The molecule has 0 fully saturated rings. The average molecular weight is 320 g/mol. The molecule has 24 heavy (non-hydrogen) atoms. The number of nitrogens with one attached hydrogen (secondary N) is 1. The summed E-state index contributed by atoms with van der Waals surface area (Å²) in [5, 5.41) is 3.42. The summed E-state index contributed by atoms with van der Waals surface area (Å²) in [5.74, 6) is 0.877. The van der Waals surface area contributed by atoms with Gasteiger partial charge in [0.1, 0.15) is 0 Å². The number of aryl methyl sites for hydroxylation is 1. The van der Waals surface area contributed by atoms with E-state index in [1.165, 1.54) is 22.4 Å². The number of hydrogen-bond acceptors (Lipinski definition) is 3. The predicted molar refractivity (Wildman–Crippen MR) is 101 cm³/mol. The molecule has 0 spiro atoms. The van der Waals surface area contributed by atoms with Crippen molar-refractivity contribution < 1.29 is 0 Å². The van der Waals surface area contributed by atoms with Gasteiger partial charge in [-0.05, 0) is 30.2 Å². The standard InChI is InChI=1S/C20H24N4/c1-15-5-9-17(10-6-15)19-14-22-20(24(19)4)21-13-16-7-11-18(12-8-16)23(2)3/h5-12,14H,13H2,1-4H3,(H,21,22). The van der Waals surface area contributed by atoms with Crippen molar-refractivity contribution in [3.05, 3.63) is 65.9 Å². The van der Waals surface area contributed by atoms with Crippen LogP contribution in [-0.4, -0.2) is 23.6 Å². The summed E-state index contributed by atoms with van der Waals surface area (Å²) >= 11 is 0. The fraction of sp³-hybridized carbons (Fsp3) is 0.250. The van der Waals surface area contributed by atoms with Gasteiger partial charge in [0, 0.05) is 33.4 Å². The Kier molecular flexibility index (Phi) is 4.56. The first kappa shape index (κ1) is 16.1. The Morgan fingerprint density at radius 3 is 2.29 bits per heavy atom. The second-order valence-electron chi connectivity index (χ2n) is 6.31. The Bertz CT molecular complexity index is 799. The van der Waals surface area contributed by atoms with E-state index in [4.69, 9.17) is 0 Å². The molecule has 0 aliphatic carbocycles. The molecule has 1 N–H and O–H groups in total. The number of aromatic nitrogens is 2. The van der Waals surface area contributed by atoms with E-state index in [9.17, 15) is 0 Å². The first-order chi connectivity index (χ1) is 11.5. The number of rotatable bonds is 5. The minimum atomic E-state index is 0.756. The Labute approximate surface area is 143 Å². The fourth-order valence-electron chi connectivity index (χ4n) is 2.66. The lowest BCUT2D eigenvalue weighted by Crippen LogP contribution is -2.09. The Morgan fingerprint density at radius 2 is 1.67 bits per heavy atom. The molecule has 0 bridgehead atoms. The summed E-state index contributed by atoms with van der Waals surface area (Å²) in [5.41, 5.74) is 6.00. The highest BCUT2D eigenvalue weighted by molar-refractivity contribution is 5.62. The van der Waals surface area contributed by atoms with Gasteiger partial charge >= 0.3 is 0 Å². The highest BCUT2D eigenvalue weighted by Gasteiger charge is 2.08. The molecular formula is C20H24N4. The molecule has 0 aliphatic heterocycles. The van der Waals surface area contributed by atoms with Crippen LogP contribution in [0.4, 0.5) is 11.6 Å². The quantitative estimate of drug-likeness (QED) is 0.769. The van der Waals surface area contributed by atoms with E-state index in [0.29, 0.717) is 0 Å². The lowest BCUT2D eigenvalue weighted by atomic mass is 10.1. The largest absolute Gasteiger partial charge is 0.378 e. The second kappa shape index (κ2) is 6.79. The van der Waals surface area contributed by atoms with Gasteiger partial charge in [0.2, 0.25) is 5.95 Å². The Morgan fingerprint density at radius 1 is 1.00 bits per heavy atom. The van der Waals surface area contributed by atoms with Gasteiger partial charge in [-0.25, -0.2) is 4.98 Å². The van der Waals surface area contributed by atoms with Crippen LogP contribution in [0.3, 0.4) is 0 Å². The fourth-order valence-corrected chi connectivity index (χ4v) is 2.66. The van der Waals surface area contributed by atoms with Gasteiger partial charge in [-0.2, -0.15) is 0 Å². The number of nitrogens with zero attached hydrogens (tertiary/aromatic N) is 3. The maximum absolute atomic E-state index is 4.52. The summed E-state index contributed by atoms with van der Waals surface area (Å²) < 4.78 is 2.10. The monoisotopic (exact) mass is 320 g/mol. The zero-order valence-electron chi connectivity index (χ0n) is 14.7. The Balaban J connectivity index is 1.71. The van der Waals surface area contributed by atoms with Gasteiger partial charge in [0.05, 0.1) is 11.9 Å². The smallest absolute Gasteiger partial charge is 0.203 e. The number of benzene rings is 2. The third-order valence-corrected chi connectivity index (χ3v) is 4.24.